The van der Waals surface area contributed by atoms with E-state index in [0.29, 0.717) is 0 Å². The predicted molar refractivity (Wildman–Crippen MR) is 327 cm³/mol. The van der Waals surface area contributed by atoms with E-state index < -0.39 is 215 Å². The van der Waals surface area contributed by atoms with E-state index in [1.165, 1.54) is 55.5 Å². The lowest BCUT2D eigenvalue weighted by atomic mass is 9.91. The smallest absolute Gasteiger partial charge is 0.338 e. The van der Waals surface area contributed by atoms with E-state index in [2.05, 4.69) is 0 Å². The Morgan fingerprint density at radius 3 is 1.03 bits per heavy atom. The summed E-state index contributed by atoms with van der Waals surface area (Å²) in [4.78, 5) is 147. The van der Waals surface area contributed by atoms with Crippen molar-refractivity contribution in [3.05, 3.63) is 144 Å². The van der Waals surface area contributed by atoms with Crippen LogP contribution in [0.3, 0.4) is 0 Å². The molecule has 4 aromatic carbocycles. The fourth-order valence-corrected chi connectivity index (χ4v) is 11.3. The van der Waals surface area contributed by atoms with Crippen LogP contribution < -0.4 is 0 Å². The molecule has 0 saturated carbocycles. The first-order valence-electron chi connectivity index (χ1n) is 31.2. The van der Waals surface area contributed by atoms with Gasteiger partial charge in [0.25, 0.3) is 0 Å². The zero-order valence-electron chi connectivity index (χ0n) is 55.1. The average Bonchev–Trinajstić information content (AvgIpc) is 0.775. The summed E-state index contributed by atoms with van der Waals surface area (Å²) in [6.07, 6.45) is -35.1. The Kier molecular flexibility index (Phi) is 27.0. The molecule has 4 saturated heterocycles. The van der Waals surface area contributed by atoms with Crippen molar-refractivity contribution in [3.8, 4) is 0 Å². The van der Waals surface area contributed by atoms with Crippen LogP contribution in [0.5, 0.6) is 0 Å². The van der Waals surface area contributed by atoms with Gasteiger partial charge in [-0.05, 0) is 48.5 Å². The Balaban J connectivity index is 1.26. The van der Waals surface area contributed by atoms with Crippen molar-refractivity contribution in [2.24, 2.45) is 5.92 Å². The van der Waals surface area contributed by atoms with Gasteiger partial charge in [-0.1, -0.05) is 79.7 Å². The van der Waals surface area contributed by atoms with Gasteiger partial charge in [0, 0.05) is 61.5 Å². The minimum absolute atomic E-state index is 0.0610. The van der Waals surface area contributed by atoms with Gasteiger partial charge in [0.05, 0.1) is 28.9 Å². The summed E-state index contributed by atoms with van der Waals surface area (Å²) in [6, 6.07) is 30.9. The molecule has 31 heteroatoms. The Morgan fingerprint density at radius 2 is 0.626 bits per heavy atom. The SMILES string of the molecule is COC1OC(COC(C)=O)C(OC(C)=O)C(OC2OC(COC3OC(COC(=O)c4ccccc4)C(OC(=O)c4ccccc4)C(OC(=O)c4ccccc4)C3C)[C@@H](OC(C)=O)C(OC3OC(COC(=O)c4ccccc4)C(OC(C)=O)C(O)C3OC(C)=O)C2OC(C)=O)C1OC(C)=O. The van der Waals surface area contributed by atoms with Crippen molar-refractivity contribution in [2.75, 3.05) is 33.5 Å². The Bertz CT molecular complexity index is 3430. The molecule has 0 radical (unpaired) electrons. The van der Waals surface area contributed by atoms with Crippen molar-refractivity contribution < 1.29 is 148 Å². The first-order chi connectivity index (χ1) is 47.3. The van der Waals surface area contributed by atoms with Crippen LogP contribution in [0.4, 0.5) is 0 Å². The number of aliphatic hydroxyl groups is 1. The fourth-order valence-electron chi connectivity index (χ4n) is 11.3. The quantitative estimate of drug-likeness (QED) is 0.0692. The van der Waals surface area contributed by atoms with Gasteiger partial charge in [-0.15, -0.1) is 0 Å². The fraction of sp³-hybridized carbons (Fsp3) is 0.485. The molecule has 4 heterocycles. The number of rotatable bonds is 26. The molecule has 31 nitrogen and oxygen atoms in total. The van der Waals surface area contributed by atoms with Gasteiger partial charge in [0.1, 0.15) is 68.7 Å². The van der Waals surface area contributed by atoms with Crippen LogP contribution in [-0.4, -0.2) is 221 Å². The summed E-state index contributed by atoms with van der Waals surface area (Å²) in [6.45, 7) is 5.34. The summed E-state index contributed by atoms with van der Waals surface area (Å²) >= 11 is 0. The van der Waals surface area contributed by atoms with Crippen molar-refractivity contribution in [1.82, 2.24) is 0 Å². The van der Waals surface area contributed by atoms with Crippen LogP contribution in [-0.2, 0) is 124 Å². The van der Waals surface area contributed by atoms with Crippen LogP contribution in [0.15, 0.2) is 121 Å². The number of hydrogen-bond donors (Lipinski definition) is 1. The summed E-state index contributed by atoms with van der Waals surface area (Å²) in [5.74, 6) is -11.9. The van der Waals surface area contributed by atoms with Gasteiger partial charge >= 0.3 is 65.7 Å². The molecule has 0 aliphatic carbocycles. The normalized spacial score (nSPS) is 29.5. The third-order valence-electron chi connectivity index (χ3n) is 15.5. The lowest BCUT2D eigenvalue weighted by Crippen LogP contribution is -2.69. The summed E-state index contributed by atoms with van der Waals surface area (Å²) in [5.41, 5.74) is 0.306. The Labute approximate surface area is 566 Å². The Hall–Kier alpha value is -9.31. The van der Waals surface area contributed by atoms with Crippen molar-refractivity contribution in [2.45, 2.75) is 172 Å². The summed E-state index contributed by atoms with van der Waals surface area (Å²) in [5, 5.41) is 12.2. The lowest BCUT2D eigenvalue weighted by Gasteiger charge is -2.50. The predicted octanol–water partition coefficient (Wildman–Crippen LogP) is 3.63. The third-order valence-corrected chi connectivity index (χ3v) is 15.5. The van der Waals surface area contributed by atoms with Gasteiger partial charge < -0.3 is 95.1 Å². The second-order valence-electron chi connectivity index (χ2n) is 22.9. The zero-order valence-corrected chi connectivity index (χ0v) is 55.1. The number of hydrogen-bond acceptors (Lipinski definition) is 31. The maximum Gasteiger partial charge on any atom is 0.338 e. The first-order valence-corrected chi connectivity index (χ1v) is 31.2. The van der Waals surface area contributed by atoms with Crippen molar-refractivity contribution in [1.29, 1.82) is 0 Å². The maximum absolute atomic E-state index is 14.2. The maximum atomic E-state index is 14.2. The molecular weight excluding hydrogens is 1310 g/mol. The third kappa shape index (κ3) is 20.4. The highest BCUT2D eigenvalue weighted by Crippen LogP contribution is 2.40. The molecule has 0 bridgehead atoms. The highest BCUT2D eigenvalue weighted by atomic mass is 16.8. The number of carbonyl (C=O) groups excluding carboxylic acids is 11. The first kappa shape index (κ1) is 75.5. The van der Waals surface area contributed by atoms with E-state index in [1.807, 2.05) is 0 Å². The minimum atomic E-state index is -2.21. The largest absolute Gasteiger partial charge is 0.463 e. The van der Waals surface area contributed by atoms with Crippen LogP contribution in [0.2, 0.25) is 0 Å². The topological polar surface area (TPSA) is 383 Å². The number of esters is 11. The highest BCUT2D eigenvalue weighted by Gasteiger charge is 2.60. The molecule has 0 aromatic heterocycles. The molecule has 0 spiro atoms. The van der Waals surface area contributed by atoms with Gasteiger partial charge in [0.2, 0.25) is 0 Å². The molecule has 534 valence electrons. The molecule has 0 amide bonds. The second-order valence-corrected chi connectivity index (χ2v) is 22.9. The molecule has 4 aliphatic heterocycles. The summed E-state index contributed by atoms with van der Waals surface area (Å²) < 4.78 is 115. The molecule has 20 atom stereocenters. The van der Waals surface area contributed by atoms with E-state index >= 15 is 0 Å². The van der Waals surface area contributed by atoms with Gasteiger partial charge in [0.15, 0.2) is 67.9 Å². The van der Waals surface area contributed by atoms with E-state index in [0.717, 1.165) is 55.6 Å². The molecular formula is C68H76O31. The molecule has 8 rings (SSSR count). The van der Waals surface area contributed by atoms with Crippen molar-refractivity contribution in [3.63, 3.8) is 0 Å². The van der Waals surface area contributed by atoms with Crippen LogP contribution >= 0.6 is 0 Å². The Morgan fingerprint density at radius 1 is 0.323 bits per heavy atom. The lowest BCUT2D eigenvalue weighted by molar-refractivity contribution is -0.384. The molecule has 99 heavy (non-hydrogen) atoms. The monoisotopic (exact) mass is 1390 g/mol. The highest BCUT2D eigenvalue weighted by molar-refractivity contribution is 5.91. The van der Waals surface area contributed by atoms with Crippen LogP contribution in [0, 0.1) is 5.92 Å². The average molecular weight is 1390 g/mol. The van der Waals surface area contributed by atoms with Crippen LogP contribution in [0.1, 0.15) is 96.8 Å². The van der Waals surface area contributed by atoms with E-state index in [-0.39, 0.29) is 22.3 Å². The molecule has 4 aromatic rings. The van der Waals surface area contributed by atoms with E-state index in [9.17, 15) is 57.8 Å². The summed E-state index contributed by atoms with van der Waals surface area (Å²) in [7, 11) is 1.14. The van der Waals surface area contributed by atoms with Gasteiger partial charge in [-0.2, -0.15) is 0 Å². The molecule has 4 aliphatic rings. The number of aliphatic hydroxyl groups excluding tert-OH is 1. The zero-order chi connectivity index (χ0) is 71.6. The van der Waals surface area contributed by atoms with E-state index in [4.69, 9.17) is 90.0 Å². The van der Waals surface area contributed by atoms with E-state index in [1.54, 1.807) is 72.8 Å². The number of carbonyl (C=O) groups is 11. The number of methoxy groups -OCH3 is 1. The number of benzene rings is 4. The molecule has 19 unspecified atom stereocenters. The molecule has 4 fully saturated rings. The second kappa shape index (κ2) is 35.5. The van der Waals surface area contributed by atoms with Gasteiger partial charge in [-0.25, -0.2) is 19.2 Å². The molecule has 1 N–H and O–H groups in total. The minimum Gasteiger partial charge on any atom is -0.463 e. The standard InChI is InChI=1S/C68H76O31/c1-34-51(96-63(79)44-26-18-12-19-27-44)53(97-64(80)45-28-20-13-21-29-45)48(32-84-62(78)43-24-16-11-17-25-43)92-65(34)85-33-49-55(88-38(5)72)58(98-67-56(89-39(6)73)50(76)52(86-36(3)70)46(94-67)31-83-61(77)42-22-14-10-15-23-42)60(91-41(8)75)68(95-49)99-57-54(87-37(4)71)47(30-82-35(2)69)93-66(81-9)59(57)90-40(7)74/h10-29,34,46-60,65-68,76H,30-33H2,1-9H3/t34?,46?,47?,48?,49?,50?,51?,52?,53?,54?,55-,56?,57?,58?,59?,60?,65?,66?,67?,68?/m1/s1. The van der Waals surface area contributed by atoms with Gasteiger partial charge in [-0.3, -0.25) is 33.6 Å². The van der Waals surface area contributed by atoms with Crippen molar-refractivity contribution >= 4 is 65.7 Å². The number of ether oxygens (including phenoxy) is 19. The van der Waals surface area contributed by atoms with Crippen LogP contribution in [0.25, 0.3) is 0 Å².